The van der Waals surface area contributed by atoms with E-state index in [4.69, 9.17) is 0 Å². The summed E-state index contributed by atoms with van der Waals surface area (Å²) in [7, 11) is -1.78. The molecule has 0 spiro atoms. The molecule has 0 amide bonds. The highest BCUT2D eigenvalue weighted by Gasteiger charge is 2.39. The highest BCUT2D eigenvalue weighted by Crippen LogP contribution is 2.43. The Morgan fingerprint density at radius 3 is 2.30 bits per heavy atom. The van der Waals surface area contributed by atoms with Gasteiger partial charge in [-0.3, -0.25) is 0 Å². The van der Waals surface area contributed by atoms with Gasteiger partial charge in [0.1, 0.15) is 0 Å². The lowest BCUT2D eigenvalue weighted by atomic mass is 9.64. The number of nitrogens with one attached hydrogen (secondary N) is 1. The van der Waals surface area contributed by atoms with Crippen LogP contribution in [0.25, 0.3) is 0 Å². The fourth-order valence-corrected chi connectivity index (χ4v) is 3.79. The van der Waals surface area contributed by atoms with Gasteiger partial charge in [0.2, 0.25) is 0 Å². The largest absolute Gasteiger partial charge is 0.279 e. The molecule has 0 bridgehead atoms. The van der Waals surface area contributed by atoms with Gasteiger partial charge in [0.15, 0.2) is 0 Å². The van der Waals surface area contributed by atoms with E-state index in [2.05, 4.69) is 16.9 Å². The Kier molecular flexibility index (Phi) is 4.52. The summed E-state index contributed by atoms with van der Waals surface area (Å²) in [4.78, 5) is 0. The summed E-state index contributed by atoms with van der Waals surface area (Å²) >= 11 is 0. The summed E-state index contributed by atoms with van der Waals surface area (Å²) in [5.74, 6) is 0. The predicted molar refractivity (Wildman–Crippen MR) is 81.8 cm³/mol. The molecule has 5 heteroatoms. The summed E-state index contributed by atoms with van der Waals surface area (Å²) in [6.07, 6.45) is 3.26. The summed E-state index contributed by atoms with van der Waals surface area (Å²) in [5, 5.41) is 0. The van der Waals surface area contributed by atoms with Gasteiger partial charge in [-0.25, -0.2) is 4.72 Å². The van der Waals surface area contributed by atoms with Crippen LogP contribution in [-0.4, -0.2) is 32.4 Å². The van der Waals surface area contributed by atoms with E-state index in [0.29, 0.717) is 6.54 Å². The molecule has 2 rings (SSSR count). The van der Waals surface area contributed by atoms with E-state index in [1.54, 1.807) is 7.05 Å². The molecular formula is C15H24N2O2S. The third-order valence-corrected chi connectivity index (χ3v) is 6.09. The first-order valence-electron chi connectivity index (χ1n) is 7.16. The molecule has 0 aromatic heterocycles. The maximum absolute atomic E-state index is 12.2. The van der Waals surface area contributed by atoms with E-state index >= 15 is 0 Å². The van der Waals surface area contributed by atoms with Gasteiger partial charge in [-0.05, 0) is 32.3 Å². The second kappa shape index (κ2) is 5.84. The number of hydrogen-bond acceptors (Lipinski definition) is 2. The molecule has 1 fully saturated rings. The first-order valence-corrected chi connectivity index (χ1v) is 8.60. The van der Waals surface area contributed by atoms with Crippen LogP contribution in [0.15, 0.2) is 30.3 Å². The Morgan fingerprint density at radius 1 is 1.25 bits per heavy atom. The molecule has 0 unspecified atom stereocenters. The van der Waals surface area contributed by atoms with Crippen molar-refractivity contribution in [3.63, 3.8) is 0 Å². The lowest BCUT2D eigenvalue weighted by Gasteiger charge is -2.43. The Morgan fingerprint density at radius 2 is 1.85 bits per heavy atom. The Balaban J connectivity index is 2.09. The van der Waals surface area contributed by atoms with Crippen molar-refractivity contribution in [2.24, 2.45) is 0 Å². The Hall–Kier alpha value is -0.910. The summed E-state index contributed by atoms with van der Waals surface area (Å²) in [6, 6.07) is 10.2. The molecule has 0 radical (unpaired) electrons. The molecule has 0 heterocycles. The van der Waals surface area contributed by atoms with Gasteiger partial charge in [0, 0.05) is 25.0 Å². The van der Waals surface area contributed by atoms with Crippen molar-refractivity contribution in [3.05, 3.63) is 35.9 Å². The van der Waals surface area contributed by atoms with Gasteiger partial charge in [-0.15, -0.1) is 0 Å². The van der Waals surface area contributed by atoms with Gasteiger partial charge >= 0.3 is 0 Å². The molecule has 4 nitrogen and oxygen atoms in total. The first-order chi connectivity index (χ1) is 9.37. The first kappa shape index (κ1) is 15.5. The zero-order chi connectivity index (χ0) is 14.8. The zero-order valence-electron chi connectivity index (χ0n) is 12.5. The van der Waals surface area contributed by atoms with E-state index < -0.39 is 10.2 Å². The van der Waals surface area contributed by atoms with Crippen LogP contribution in [0.3, 0.4) is 0 Å². The van der Waals surface area contributed by atoms with Crippen molar-refractivity contribution in [1.82, 2.24) is 9.03 Å². The minimum absolute atomic E-state index is 0.0217. The van der Waals surface area contributed by atoms with Crippen LogP contribution < -0.4 is 4.72 Å². The normalized spacial score (nSPS) is 18.2. The average molecular weight is 296 g/mol. The second-order valence-corrected chi connectivity index (χ2v) is 7.75. The Bertz CT molecular complexity index is 536. The smallest absolute Gasteiger partial charge is 0.201 e. The van der Waals surface area contributed by atoms with Crippen LogP contribution in [0.2, 0.25) is 0 Å². The van der Waals surface area contributed by atoms with Gasteiger partial charge in [0.05, 0.1) is 0 Å². The standard InChI is InChI=1S/C15H24N2O2S/c1-13(2)17(3)20(18,19)16-12-15(10-7-11-15)14-8-5-4-6-9-14/h4-6,8-9,13,16H,7,10-12H2,1-3H3. The zero-order valence-corrected chi connectivity index (χ0v) is 13.3. The molecule has 112 valence electrons. The van der Waals surface area contributed by atoms with E-state index in [1.165, 1.54) is 9.87 Å². The predicted octanol–water partition coefficient (Wildman–Crippen LogP) is 2.28. The topological polar surface area (TPSA) is 49.4 Å². The highest BCUT2D eigenvalue weighted by atomic mass is 32.2. The molecule has 20 heavy (non-hydrogen) atoms. The van der Waals surface area contributed by atoms with Crippen LogP contribution in [0, 0.1) is 0 Å². The molecule has 1 aliphatic rings. The molecule has 0 atom stereocenters. The van der Waals surface area contributed by atoms with Crippen molar-refractivity contribution in [2.45, 2.75) is 44.6 Å². The highest BCUT2D eigenvalue weighted by molar-refractivity contribution is 7.87. The van der Waals surface area contributed by atoms with E-state index in [-0.39, 0.29) is 11.5 Å². The molecule has 1 N–H and O–H groups in total. The maximum atomic E-state index is 12.2. The van der Waals surface area contributed by atoms with Crippen LogP contribution >= 0.6 is 0 Å². The van der Waals surface area contributed by atoms with Crippen molar-refractivity contribution in [1.29, 1.82) is 0 Å². The van der Waals surface area contributed by atoms with Crippen LogP contribution in [0.4, 0.5) is 0 Å². The monoisotopic (exact) mass is 296 g/mol. The molecule has 1 aromatic carbocycles. The van der Waals surface area contributed by atoms with E-state index in [1.807, 2.05) is 32.0 Å². The van der Waals surface area contributed by atoms with Gasteiger partial charge < -0.3 is 0 Å². The molecule has 0 saturated heterocycles. The summed E-state index contributed by atoms with van der Waals surface area (Å²) in [6.45, 7) is 4.22. The molecule has 1 aliphatic carbocycles. The van der Waals surface area contributed by atoms with Crippen LogP contribution in [0.1, 0.15) is 38.7 Å². The minimum atomic E-state index is -3.39. The molecule has 1 aromatic rings. The third kappa shape index (κ3) is 3.05. The summed E-state index contributed by atoms with van der Waals surface area (Å²) < 4.78 is 28.6. The van der Waals surface area contributed by atoms with Crippen LogP contribution in [0.5, 0.6) is 0 Å². The van der Waals surface area contributed by atoms with Crippen LogP contribution in [-0.2, 0) is 15.6 Å². The number of rotatable bonds is 6. The minimum Gasteiger partial charge on any atom is -0.201 e. The number of hydrogen-bond donors (Lipinski definition) is 1. The van der Waals surface area contributed by atoms with Crippen molar-refractivity contribution in [3.8, 4) is 0 Å². The lowest BCUT2D eigenvalue weighted by molar-refractivity contribution is 0.243. The second-order valence-electron chi connectivity index (χ2n) is 5.94. The van der Waals surface area contributed by atoms with E-state index in [9.17, 15) is 8.42 Å². The van der Waals surface area contributed by atoms with Gasteiger partial charge in [-0.2, -0.15) is 12.7 Å². The van der Waals surface area contributed by atoms with E-state index in [0.717, 1.165) is 19.3 Å². The van der Waals surface area contributed by atoms with Crippen molar-refractivity contribution >= 4 is 10.2 Å². The number of nitrogens with zero attached hydrogens (tertiary/aromatic N) is 1. The van der Waals surface area contributed by atoms with Gasteiger partial charge in [0.25, 0.3) is 10.2 Å². The fraction of sp³-hybridized carbons (Fsp3) is 0.600. The fourth-order valence-electron chi connectivity index (χ4n) is 2.57. The molecule has 0 aliphatic heterocycles. The van der Waals surface area contributed by atoms with Crippen molar-refractivity contribution in [2.75, 3.05) is 13.6 Å². The molecular weight excluding hydrogens is 272 g/mol. The molecule has 1 saturated carbocycles. The lowest BCUT2D eigenvalue weighted by Crippen LogP contribution is -2.50. The van der Waals surface area contributed by atoms with Gasteiger partial charge in [-0.1, -0.05) is 36.8 Å². The quantitative estimate of drug-likeness (QED) is 0.875. The maximum Gasteiger partial charge on any atom is 0.279 e. The van der Waals surface area contributed by atoms with Crippen molar-refractivity contribution < 1.29 is 8.42 Å². The number of benzene rings is 1. The average Bonchev–Trinajstić information content (AvgIpc) is 2.37. The third-order valence-electron chi connectivity index (χ3n) is 4.40. The SMILES string of the molecule is CC(C)N(C)S(=O)(=O)NCC1(c2ccccc2)CCC1. The summed E-state index contributed by atoms with van der Waals surface area (Å²) in [5.41, 5.74) is 1.22. The Labute approximate surface area is 122 Å².